The Kier molecular flexibility index (Phi) is 4.87. The molecule has 0 saturated carbocycles. The third-order valence-electron chi connectivity index (χ3n) is 1.44. The number of rotatable bonds is 4. The topological polar surface area (TPSA) is 66.8 Å². The zero-order valence-corrected chi connectivity index (χ0v) is 8.91. The number of carbonyl (C=O) groups is 1. The molecule has 0 aromatic heterocycles. The van der Waals surface area contributed by atoms with Gasteiger partial charge in [-0.1, -0.05) is 0 Å². The minimum Gasteiger partial charge on any atom is -0.460 e. The molecule has 0 heterocycles. The molecule has 0 aliphatic rings. The van der Waals surface area contributed by atoms with E-state index in [0.717, 1.165) is 0 Å². The molecule has 0 atom stereocenters. The summed E-state index contributed by atoms with van der Waals surface area (Å²) in [5, 5.41) is 17.3. The zero-order chi connectivity index (χ0) is 11.4. The van der Waals surface area contributed by atoms with Gasteiger partial charge in [0.05, 0.1) is 0 Å². The first-order chi connectivity index (χ1) is 6.22. The van der Waals surface area contributed by atoms with Crippen molar-refractivity contribution >= 4 is 13.1 Å². The maximum Gasteiger partial charge on any atom is 0.483 e. The smallest absolute Gasteiger partial charge is 0.460 e. The number of carbonyl (C=O) groups excluding carboxylic acids is 1. The van der Waals surface area contributed by atoms with Gasteiger partial charge in [0.25, 0.3) is 0 Å². The van der Waals surface area contributed by atoms with Crippen LogP contribution < -0.4 is 0 Å². The van der Waals surface area contributed by atoms with Crippen LogP contribution in [-0.2, 0) is 9.53 Å². The highest BCUT2D eigenvalue weighted by molar-refractivity contribution is 6.50. The van der Waals surface area contributed by atoms with Crippen molar-refractivity contribution in [3.05, 3.63) is 12.1 Å². The van der Waals surface area contributed by atoms with Gasteiger partial charge in [-0.05, 0) is 32.7 Å². The van der Waals surface area contributed by atoms with E-state index in [4.69, 9.17) is 14.8 Å². The molecule has 5 heteroatoms. The summed E-state index contributed by atoms with van der Waals surface area (Å²) >= 11 is 0. The molecule has 2 N–H and O–H groups in total. The second-order valence-electron chi connectivity index (χ2n) is 4.12. The SMILES string of the molecule is C=C(CCC(=O)OC(C)(C)C)B(O)O. The first-order valence-corrected chi connectivity index (χ1v) is 4.48. The standard InChI is InChI=1S/C9H17BO4/c1-7(10(12)13)5-6-8(11)14-9(2,3)4/h12-13H,1,5-6H2,2-4H3. The van der Waals surface area contributed by atoms with Crippen molar-refractivity contribution in [3.8, 4) is 0 Å². The first-order valence-electron chi connectivity index (χ1n) is 4.48. The molecule has 0 aliphatic carbocycles. The molecular weight excluding hydrogens is 183 g/mol. The van der Waals surface area contributed by atoms with Crippen molar-refractivity contribution < 1.29 is 19.6 Å². The van der Waals surface area contributed by atoms with Gasteiger partial charge in [0.15, 0.2) is 0 Å². The van der Waals surface area contributed by atoms with E-state index in [1.54, 1.807) is 20.8 Å². The second-order valence-corrected chi connectivity index (χ2v) is 4.12. The van der Waals surface area contributed by atoms with Gasteiger partial charge in [-0.15, -0.1) is 6.58 Å². The molecule has 0 unspecified atom stereocenters. The lowest BCUT2D eigenvalue weighted by Gasteiger charge is -2.19. The average Bonchev–Trinajstić information content (AvgIpc) is 1.96. The third-order valence-corrected chi connectivity index (χ3v) is 1.44. The van der Waals surface area contributed by atoms with E-state index in [9.17, 15) is 4.79 Å². The minimum absolute atomic E-state index is 0.119. The summed E-state index contributed by atoms with van der Waals surface area (Å²) in [7, 11) is -1.56. The van der Waals surface area contributed by atoms with Crippen LogP contribution in [0.15, 0.2) is 12.1 Å². The molecule has 0 aromatic carbocycles. The molecule has 0 rings (SSSR count). The Morgan fingerprint density at radius 2 is 1.86 bits per heavy atom. The Bertz CT molecular complexity index is 217. The van der Waals surface area contributed by atoms with Crippen LogP contribution in [-0.4, -0.2) is 28.7 Å². The lowest BCUT2D eigenvalue weighted by Crippen LogP contribution is -2.24. The summed E-state index contributed by atoms with van der Waals surface area (Å²) in [6.07, 6.45) is 0.348. The molecule has 0 fully saturated rings. The third kappa shape index (κ3) is 6.68. The molecule has 80 valence electrons. The van der Waals surface area contributed by atoms with Crippen LogP contribution in [0.25, 0.3) is 0 Å². The Balaban J connectivity index is 3.81. The highest BCUT2D eigenvalue weighted by atomic mass is 16.6. The maximum absolute atomic E-state index is 11.2. The van der Waals surface area contributed by atoms with E-state index in [1.165, 1.54) is 0 Å². The fraction of sp³-hybridized carbons (Fsp3) is 0.667. The van der Waals surface area contributed by atoms with E-state index < -0.39 is 12.7 Å². The molecule has 0 bridgehead atoms. The summed E-state index contributed by atoms with van der Waals surface area (Å²) in [6.45, 7) is 8.75. The van der Waals surface area contributed by atoms with Crippen molar-refractivity contribution in [1.29, 1.82) is 0 Å². The van der Waals surface area contributed by atoms with Gasteiger partial charge in [0.2, 0.25) is 0 Å². The number of hydrogen-bond donors (Lipinski definition) is 2. The number of ether oxygens (including phenoxy) is 1. The van der Waals surface area contributed by atoms with Gasteiger partial charge in [0.1, 0.15) is 5.60 Å². The summed E-state index contributed by atoms with van der Waals surface area (Å²) in [4.78, 5) is 11.2. The number of esters is 1. The average molecular weight is 200 g/mol. The lowest BCUT2D eigenvalue weighted by molar-refractivity contribution is -0.154. The van der Waals surface area contributed by atoms with Crippen LogP contribution in [0.2, 0.25) is 0 Å². The molecule has 0 radical (unpaired) electrons. The number of allylic oxidation sites excluding steroid dienone is 1. The van der Waals surface area contributed by atoms with Crippen molar-refractivity contribution in [2.45, 2.75) is 39.2 Å². The Hall–Kier alpha value is -0.805. The normalized spacial score (nSPS) is 10.9. The summed E-state index contributed by atoms with van der Waals surface area (Å²) < 4.78 is 5.02. The Labute approximate surface area is 84.7 Å². The number of hydrogen-bond acceptors (Lipinski definition) is 4. The lowest BCUT2D eigenvalue weighted by atomic mass is 9.78. The van der Waals surface area contributed by atoms with Crippen molar-refractivity contribution in [2.75, 3.05) is 0 Å². The predicted molar refractivity (Wildman–Crippen MR) is 54.4 cm³/mol. The molecule has 0 saturated heterocycles. The van der Waals surface area contributed by atoms with Crippen LogP contribution in [0.3, 0.4) is 0 Å². The molecule has 14 heavy (non-hydrogen) atoms. The van der Waals surface area contributed by atoms with Crippen LogP contribution in [0.1, 0.15) is 33.6 Å². The maximum atomic E-state index is 11.2. The second kappa shape index (κ2) is 5.17. The highest BCUT2D eigenvalue weighted by Crippen LogP contribution is 2.11. The van der Waals surface area contributed by atoms with Gasteiger partial charge in [0, 0.05) is 6.42 Å². The summed E-state index contributed by atoms with van der Waals surface area (Å²) in [5.74, 6) is -0.362. The van der Waals surface area contributed by atoms with Gasteiger partial charge < -0.3 is 14.8 Å². The van der Waals surface area contributed by atoms with Crippen LogP contribution >= 0.6 is 0 Å². The molecule has 0 aromatic rings. The minimum atomic E-state index is -1.56. The van der Waals surface area contributed by atoms with Crippen molar-refractivity contribution in [2.24, 2.45) is 0 Å². The van der Waals surface area contributed by atoms with Crippen LogP contribution in [0.4, 0.5) is 0 Å². The van der Waals surface area contributed by atoms with E-state index in [2.05, 4.69) is 6.58 Å². The van der Waals surface area contributed by atoms with Gasteiger partial charge in [-0.2, -0.15) is 0 Å². The predicted octanol–water partition coefficient (Wildman–Crippen LogP) is 0.676. The Morgan fingerprint density at radius 1 is 1.36 bits per heavy atom. The molecule has 0 amide bonds. The van der Waals surface area contributed by atoms with Crippen molar-refractivity contribution in [1.82, 2.24) is 0 Å². The van der Waals surface area contributed by atoms with Crippen LogP contribution in [0, 0.1) is 0 Å². The summed E-state index contributed by atoms with van der Waals surface area (Å²) in [5.41, 5.74) is -0.285. The monoisotopic (exact) mass is 200 g/mol. The zero-order valence-electron chi connectivity index (χ0n) is 8.91. The van der Waals surface area contributed by atoms with Gasteiger partial charge in [-0.25, -0.2) is 0 Å². The van der Waals surface area contributed by atoms with E-state index in [0.29, 0.717) is 0 Å². The Morgan fingerprint density at radius 3 is 2.21 bits per heavy atom. The molecular formula is C9H17BO4. The highest BCUT2D eigenvalue weighted by Gasteiger charge is 2.18. The summed E-state index contributed by atoms with van der Waals surface area (Å²) in [6, 6.07) is 0. The van der Waals surface area contributed by atoms with Gasteiger partial charge >= 0.3 is 13.1 Å². The fourth-order valence-corrected chi connectivity index (χ4v) is 0.784. The molecule has 4 nitrogen and oxygen atoms in total. The fourth-order valence-electron chi connectivity index (χ4n) is 0.784. The van der Waals surface area contributed by atoms with Crippen LogP contribution in [0.5, 0.6) is 0 Å². The van der Waals surface area contributed by atoms with E-state index in [-0.39, 0.29) is 24.3 Å². The van der Waals surface area contributed by atoms with Gasteiger partial charge in [-0.3, -0.25) is 4.79 Å². The van der Waals surface area contributed by atoms with Crippen molar-refractivity contribution in [3.63, 3.8) is 0 Å². The largest absolute Gasteiger partial charge is 0.483 e. The van der Waals surface area contributed by atoms with E-state index in [1.807, 2.05) is 0 Å². The quantitative estimate of drug-likeness (QED) is 0.517. The van der Waals surface area contributed by atoms with E-state index >= 15 is 0 Å². The first kappa shape index (κ1) is 13.2. The molecule has 0 spiro atoms. The molecule has 0 aliphatic heterocycles.